The molecule has 1 aromatic carbocycles. The van der Waals surface area contributed by atoms with E-state index >= 15 is 0 Å². The predicted octanol–water partition coefficient (Wildman–Crippen LogP) is 3.64. The SMILES string of the molecule is CCNC(=NCc1cccc(CN(CC)CC)c1)NCCCOCC1CCOC1.I. The Balaban J connectivity index is 0.00000450. The highest BCUT2D eigenvalue weighted by Crippen LogP contribution is 2.12. The van der Waals surface area contributed by atoms with Gasteiger partial charge in [-0.2, -0.15) is 0 Å². The highest BCUT2D eigenvalue weighted by molar-refractivity contribution is 14.0. The first-order valence-electron chi connectivity index (χ1n) is 11.2. The molecule has 1 heterocycles. The third kappa shape index (κ3) is 10.9. The fourth-order valence-corrected chi connectivity index (χ4v) is 3.39. The lowest BCUT2D eigenvalue weighted by molar-refractivity contribution is 0.0888. The van der Waals surface area contributed by atoms with Crippen LogP contribution in [0.2, 0.25) is 0 Å². The molecular weight excluding hydrogens is 491 g/mol. The van der Waals surface area contributed by atoms with Gasteiger partial charge in [0.2, 0.25) is 0 Å². The molecule has 1 unspecified atom stereocenters. The molecule has 1 atom stereocenters. The number of hydrogen-bond donors (Lipinski definition) is 2. The number of halogens is 1. The maximum absolute atomic E-state index is 5.77. The van der Waals surface area contributed by atoms with Gasteiger partial charge in [0, 0.05) is 38.8 Å². The molecule has 0 aliphatic carbocycles. The molecule has 172 valence electrons. The number of guanidine groups is 1. The third-order valence-corrected chi connectivity index (χ3v) is 5.19. The highest BCUT2D eigenvalue weighted by Gasteiger charge is 2.15. The van der Waals surface area contributed by atoms with E-state index < -0.39 is 0 Å². The van der Waals surface area contributed by atoms with Crippen LogP contribution in [0.4, 0.5) is 0 Å². The summed E-state index contributed by atoms with van der Waals surface area (Å²) in [5.74, 6) is 1.45. The molecular formula is C23H41IN4O2. The van der Waals surface area contributed by atoms with Crippen molar-refractivity contribution in [2.75, 3.05) is 52.6 Å². The predicted molar refractivity (Wildman–Crippen MR) is 136 cm³/mol. The zero-order valence-corrected chi connectivity index (χ0v) is 21.3. The lowest BCUT2D eigenvalue weighted by Crippen LogP contribution is -2.38. The monoisotopic (exact) mass is 532 g/mol. The van der Waals surface area contributed by atoms with Crippen LogP contribution in [0.5, 0.6) is 0 Å². The number of ether oxygens (including phenoxy) is 2. The van der Waals surface area contributed by atoms with E-state index in [-0.39, 0.29) is 24.0 Å². The molecule has 7 heteroatoms. The molecule has 6 nitrogen and oxygen atoms in total. The second-order valence-corrected chi connectivity index (χ2v) is 7.56. The first-order valence-corrected chi connectivity index (χ1v) is 11.2. The Morgan fingerprint density at radius 2 is 2.00 bits per heavy atom. The summed E-state index contributed by atoms with van der Waals surface area (Å²) in [6.07, 6.45) is 2.10. The van der Waals surface area contributed by atoms with Gasteiger partial charge in [0.25, 0.3) is 0 Å². The summed E-state index contributed by atoms with van der Waals surface area (Å²) in [6.45, 7) is 15.4. The molecule has 1 aliphatic heterocycles. The zero-order chi connectivity index (χ0) is 20.7. The normalized spacial score (nSPS) is 16.5. The Labute approximate surface area is 200 Å². The first-order chi connectivity index (χ1) is 14.2. The van der Waals surface area contributed by atoms with Crippen molar-refractivity contribution in [2.45, 2.75) is 46.7 Å². The summed E-state index contributed by atoms with van der Waals surface area (Å²) >= 11 is 0. The molecule has 0 spiro atoms. The van der Waals surface area contributed by atoms with Crippen LogP contribution in [0.15, 0.2) is 29.3 Å². The summed E-state index contributed by atoms with van der Waals surface area (Å²) in [6, 6.07) is 8.76. The molecule has 2 N–H and O–H groups in total. The van der Waals surface area contributed by atoms with Crippen LogP contribution in [0.1, 0.15) is 44.7 Å². The number of benzene rings is 1. The van der Waals surface area contributed by atoms with Gasteiger partial charge in [-0.1, -0.05) is 38.1 Å². The van der Waals surface area contributed by atoms with Gasteiger partial charge in [-0.3, -0.25) is 4.90 Å². The molecule has 1 aliphatic rings. The number of rotatable bonds is 13. The Bertz CT molecular complexity index is 590. The summed E-state index contributed by atoms with van der Waals surface area (Å²) < 4.78 is 11.1. The molecule has 30 heavy (non-hydrogen) atoms. The van der Waals surface area contributed by atoms with E-state index in [2.05, 4.69) is 60.6 Å². The van der Waals surface area contributed by atoms with Crippen LogP contribution >= 0.6 is 24.0 Å². The van der Waals surface area contributed by atoms with Crippen molar-refractivity contribution in [1.29, 1.82) is 0 Å². The molecule has 0 saturated carbocycles. The van der Waals surface area contributed by atoms with E-state index in [1.54, 1.807) is 0 Å². The topological polar surface area (TPSA) is 58.1 Å². The van der Waals surface area contributed by atoms with Gasteiger partial charge in [0.05, 0.1) is 19.8 Å². The van der Waals surface area contributed by atoms with Crippen molar-refractivity contribution < 1.29 is 9.47 Å². The second-order valence-electron chi connectivity index (χ2n) is 7.56. The Hall–Kier alpha value is -0.900. The van der Waals surface area contributed by atoms with Crippen LogP contribution in [0, 0.1) is 5.92 Å². The smallest absolute Gasteiger partial charge is 0.191 e. The van der Waals surface area contributed by atoms with Gasteiger partial charge < -0.3 is 20.1 Å². The van der Waals surface area contributed by atoms with Crippen LogP contribution in [0.3, 0.4) is 0 Å². The molecule has 0 aromatic heterocycles. The maximum atomic E-state index is 5.77. The molecule has 2 rings (SSSR count). The molecule has 0 bridgehead atoms. The number of aliphatic imine (C=N–C) groups is 1. The lowest BCUT2D eigenvalue weighted by atomic mass is 10.1. The van der Waals surface area contributed by atoms with Crippen molar-refractivity contribution in [3.05, 3.63) is 35.4 Å². The van der Waals surface area contributed by atoms with Crippen molar-refractivity contribution in [1.82, 2.24) is 15.5 Å². The summed E-state index contributed by atoms with van der Waals surface area (Å²) in [5, 5.41) is 6.74. The molecule has 1 saturated heterocycles. The zero-order valence-electron chi connectivity index (χ0n) is 19.0. The van der Waals surface area contributed by atoms with Gasteiger partial charge in [-0.05, 0) is 44.0 Å². The lowest BCUT2D eigenvalue weighted by Gasteiger charge is -2.18. The van der Waals surface area contributed by atoms with E-state index in [1.165, 1.54) is 11.1 Å². The average Bonchev–Trinajstić information content (AvgIpc) is 3.26. The molecule has 1 fully saturated rings. The molecule has 1 aromatic rings. The fourth-order valence-electron chi connectivity index (χ4n) is 3.39. The van der Waals surface area contributed by atoms with Crippen LogP contribution < -0.4 is 10.6 Å². The van der Waals surface area contributed by atoms with E-state index in [1.807, 2.05) is 0 Å². The van der Waals surface area contributed by atoms with Gasteiger partial charge >= 0.3 is 0 Å². The van der Waals surface area contributed by atoms with Crippen LogP contribution in [-0.2, 0) is 22.6 Å². The second kappa shape index (κ2) is 16.8. The van der Waals surface area contributed by atoms with Crippen LogP contribution in [0.25, 0.3) is 0 Å². The van der Waals surface area contributed by atoms with Crippen molar-refractivity contribution in [3.63, 3.8) is 0 Å². The van der Waals surface area contributed by atoms with Crippen LogP contribution in [-0.4, -0.2) is 63.5 Å². The van der Waals surface area contributed by atoms with E-state index in [4.69, 9.17) is 14.5 Å². The van der Waals surface area contributed by atoms with Crippen molar-refractivity contribution in [2.24, 2.45) is 10.9 Å². The summed E-state index contributed by atoms with van der Waals surface area (Å²) in [5.41, 5.74) is 2.60. The van der Waals surface area contributed by atoms with Crippen molar-refractivity contribution >= 4 is 29.9 Å². The average molecular weight is 533 g/mol. The Kier molecular flexibility index (Phi) is 15.2. The minimum absolute atomic E-state index is 0. The Morgan fingerprint density at radius 3 is 2.70 bits per heavy atom. The number of hydrogen-bond acceptors (Lipinski definition) is 4. The molecule has 0 amide bonds. The van der Waals surface area contributed by atoms with Gasteiger partial charge in [0.15, 0.2) is 5.96 Å². The van der Waals surface area contributed by atoms with Gasteiger partial charge in [-0.15, -0.1) is 24.0 Å². The largest absolute Gasteiger partial charge is 0.381 e. The van der Waals surface area contributed by atoms with E-state index in [9.17, 15) is 0 Å². The Morgan fingerprint density at radius 1 is 1.20 bits per heavy atom. The molecule has 0 radical (unpaired) electrons. The van der Waals surface area contributed by atoms with E-state index in [0.29, 0.717) is 12.5 Å². The van der Waals surface area contributed by atoms with Gasteiger partial charge in [0.1, 0.15) is 0 Å². The minimum atomic E-state index is 0. The minimum Gasteiger partial charge on any atom is -0.381 e. The standard InChI is InChI=1S/C23H40N4O2.HI/c1-4-24-23(25-12-8-13-28-18-22-11-14-29-19-22)26-16-20-9-7-10-21(15-20)17-27(5-2)6-3;/h7,9-10,15,22H,4-6,8,11-14,16-19H2,1-3H3,(H2,24,25,26);1H. The third-order valence-electron chi connectivity index (χ3n) is 5.19. The number of nitrogens with one attached hydrogen (secondary N) is 2. The fraction of sp³-hybridized carbons (Fsp3) is 0.696. The summed E-state index contributed by atoms with van der Waals surface area (Å²) in [7, 11) is 0. The highest BCUT2D eigenvalue weighted by atomic mass is 127. The maximum Gasteiger partial charge on any atom is 0.191 e. The van der Waals surface area contributed by atoms with E-state index in [0.717, 1.165) is 78.0 Å². The van der Waals surface area contributed by atoms with Gasteiger partial charge in [-0.25, -0.2) is 4.99 Å². The first kappa shape index (κ1) is 27.1. The van der Waals surface area contributed by atoms with Crippen molar-refractivity contribution in [3.8, 4) is 0 Å². The number of nitrogens with zero attached hydrogens (tertiary/aromatic N) is 2. The summed E-state index contributed by atoms with van der Waals surface area (Å²) in [4.78, 5) is 7.17. The quantitative estimate of drug-likeness (QED) is 0.176.